The van der Waals surface area contributed by atoms with Gasteiger partial charge in [-0.1, -0.05) is 30.3 Å². The number of aromatic nitrogens is 1. The Labute approximate surface area is 147 Å². The molecule has 0 bridgehead atoms. The van der Waals surface area contributed by atoms with Crippen molar-refractivity contribution in [2.75, 3.05) is 6.61 Å². The van der Waals surface area contributed by atoms with Crippen molar-refractivity contribution in [1.29, 1.82) is 0 Å². The number of amides is 2. The fraction of sp³-hybridized carbons (Fsp3) is 0.474. The lowest BCUT2D eigenvalue weighted by atomic mass is 10.0. The molecule has 6 nitrogen and oxygen atoms in total. The Balaban J connectivity index is 1.25. The standard InChI is InChI=1S/C19H23N3O3/c23-19(22-15-8-9-24-16(10-15)14-6-7-14)21-12-18-20-11-17(25-18)13-4-2-1-3-5-13/h1-5,11,14-16H,6-10,12H2,(H2,21,22,23)/t15-,16+/m1/s1. The molecule has 132 valence electrons. The Kier molecular flexibility index (Phi) is 4.70. The molecule has 1 aliphatic carbocycles. The first-order valence-electron chi connectivity index (χ1n) is 8.94. The normalized spacial score (nSPS) is 23.2. The summed E-state index contributed by atoms with van der Waals surface area (Å²) in [5.41, 5.74) is 0.971. The van der Waals surface area contributed by atoms with Gasteiger partial charge < -0.3 is 19.8 Å². The molecule has 2 atom stereocenters. The summed E-state index contributed by atoms with van der Waals surface area (Å²) in [5.74, 6) is 1.91. The largest absolute Gasteiger partial charge is 0.439 e. The first kappa shape index (κ1) is 16.1. The third-order valence-electron chi connectivity index (χ3n) is 4.81. The summed E-state index contributed by atoms with van der Waals surface area (Å²) in [6.45, 7) is 1.00. The number of carbonyl (C=O) groups is 1. The summed E-state index contributed by atoms with van der Waals surface area (Å²) in [5, 5.41) is 5.86. The van der Waals surface area contributed by atoms with Gasteiger partial charge in [0.2, 0.25) is 5.89 Å². The molecule has 0 unspecified atom stereocenters. The minimum atomic E-state index is -0.180. The highest BCUT2D eigenvalue weighted by molar-refractivity contribution is 5.74. The minimum absolute atomic E-state index is 0.180. The van der Waals surface area contributed by atoms with Crippen LogP contribution in [0.5, 0.6) is 0 Å². The van der Waals surface area contributed by atoms with E-state index < -0.39 is 0 Å². The second-order valence-corrected chi connectivity index (χ2v) is 6.78. The van der Waals surface area contributed by atoms with Gasteiger partial charge in [-0.05, 0) is 31.6 Å². The molecular weight excluding hydrogens is 318 g/mol. The van der Waals surface area contributed by atoms with Crippen LogP contribution >= 0.6 is 0 Å². The molecule has 1 aliphatic heterocycles. The van der Waals surface area contributed by atoms with Gasteiger partial charge in [-0.25, -0.2) is 9.78 Å². The van der Waals surface area contributed by atoms with Crippen LogP contribution in [0.25, 0.3) is 11.3 Å². The molecule has 1 saturated carbocycles. The van der Waals surface area contributed by atoms with Crippen LogP contribution in [0.3, 0.4) is 0 Å². The number of carbonyl (C=O) groups excluding carboxylic acids is 1. The minimum Gasteiger partial charge on any atom is -0.439 e. The van der Waals surface area contributed by atoms with E-state index in [0.717, 1.165) is 25.0 Å². The lowest BCUT2D eigenvalue weighted by molar-refractivity contribution is -0.00915. The summed E-state index contributed by atoms with van der Waals surface area (Å²) >= 11 is 0. The van der Waals surface area contributed by atoms with Gasteiger partial charge in [-0.2, -0.15) is 0 Å². The molecule has 2 fully saturated rings. The summed E-state index contributed by atoms with van der Waals surface area (Å²) in [6.07, 6.45) is 6.31. The monoisotopic (exact) mass is 341 g/mol. The summed E-state index contributed by atoms with van der Waals surface area (Å²) in [4.78, 5) is 16.3. The fourth-order valence-electron chi connectivity index (χ4n) is 3.28. The number of nitrogens with one attached hydrogen (secondary N) is 2. The SMILES string of the molecule is O=C(NCc1ncc(-c2ccccc2)o1)N[C@@H]1CCO[C@H](C2CC2)C1. The number of urea groups is 1. The van der Waals surface area contributed by atoms with Crippen LogP contribution in [0.4, 0.5) is 4.79 Å². The first-order valence-corrected chi connectivity index (χ1v) is 8.94. The van der Waals surface area contributed by atoms with Crippen LogP contribution in [0, 0.1) is 5.92 Å². The Morgan fingerprint density at radius 2 is 2.04 bits per heavy atom. The van der Waals surface area contributed by atoms with E-state index in [9.17, 15) is 4.79 Å². The van der Waals surface area contributed by atoms with Crippen molar-refractivity contribution < 1.29 is 13.9 Å². The van der Waals surface area contributed by atoms with E-state index in [1.54, 1.807) is 6.20 Å². The zero-order valence-corrected chi connectivity index (χ0v) is 14.1. The topological polar surface area (TPSA) is 76.4 Å². The van der Waals surface area contributed by atoms with Crippen LogP contribution in [-0.2, 0) is 11.3 Å². The van der Waals surface area contributed by atoms with Crippen molar-refractivity contribution in [3.63, 3.8) is 0 Å². The van der Waals surface area contributed by atoms with Crippen LogP contribution in [0.1, 0.15) is 31.6 Å². The van der Waals surface area contributed by atoms with Crippen molar-refractivity contribution in [2.45, 2.75) is 44.4 Å². The van der Waals surface area contributed by atoms with Gasteiger partial charge in [0.25, 0.3) is 0 Å². The number of ether oxygens (including phenoxy) is 1. The molecule has 0 radical (unpaired) electrons. The van der Waals surface area contributed by atoms with Crippen LogP contribution in [0.15, 0.2) is 40.9 Å². The molecule has 2 heterocycles. The number of hydrogen-bond donors (Lipinski definition) is 2. The van der Waals surface area contributed by atoms with E-state index in [2.05, 4.69) is 15.6 Å². The first-order chi connectivity index (χ1) is 12.3. The van der Waals surface area contributed by atoms with E-state index in [-0.39, 0.29) is 18.6 Å². The Bertz CT molecular complexity index is 712. The molecule has 6 heteroatoms. The van der Waals surface area contributed by atoms with Crippen molar-refractivity contribution in [2.24, 2.45) is 5.92 Å². The van der Waals surface area contributed by atoms with Crippen LogP contribution in [-0.4, -0.2) is 29.8 Å². The highest BCUT2D eigenvalue weighted by atomic mass is 16.5. The molecule has 1 aromatic carbocycles. The van der Waals surface area contributed by atoms with E-state index in [0.29, 0.717) is 23.7 Å². The van der Waals surface area contributed by atoms with E-state index >= 15 is 0 Å². The maximum atomic E-state index is 12.1. The van der Waals surface area contributed by atoms with E-state index in [1.165, 1.54) is 12.8 Å². The Morgan fingerprint density at radius 3 is 2.84 bits per heavy atom. The Hall–Kier alpha value is -2.34. The predicted molar refractivity (Wildman–Crippen MR) is 92.8 cm³/mol. The molecule has 2 aliphatic rings. The van der Waals surface area contributed by atoms with Crippen molar-refractivity contribution >= 4 is 6.03 Å². The predicted octanol–water partition coefficient (Wildman–Crippen LogP) is 3.10. The van der Waals surface area contributed by atoms with Gasteiger partial charge >= 0.3 is 6.03 Å². The quantitative estimate of drug-likeness (QED) is 0.876. The molecule has 1 aromatic heterocycles. The zero-order chi connectivity index (χ0) is 17.1. The van der Waals surface area contributed by atoms with Gasteiger partial charge in [0.1, 0.15) is 0 Å². The zero-order valence-electron chi connectivity index (χ0n) is 14.1. The third kappa shape index (κ3) is 4.20. The highest BCUT2D eigenvalue weighted by Gasteiger charge is 2.36. The maximum Gasteiger partial charge on any atom is 0.315 e. The number of nitrogens with zero attached hydrogens (tertiary/aromatic N) is 1. The van der Waals surface area contributed by atoms with Gasteiger partial charge in [0.15, 0.2) is 5.76 Å². The van der Waals surface area contributed by atoms with Crippen LogP contribution in [0.2, 0.25) is 0 Å². The maximum absolute atomic E-state index is 12.1. The second kappa shape index (κ2) is 7.27. The number of oxazole rings is 1. The van der Waals surface area contributed by atoms with Crippen molar-refractivity contribution in [3.8, 4) is 11.3 Å². The van der Waals surface area contributed by atoms with E-state index in [1.807, 2.05) is 30.3 Å². The third-order valence-corrected chi connectivity index (χ3v) is 4.81. The summed E-state index contributed by atoms with van der Waals surface area (Å²) in [6, 6.07) is 9.79. The van der Waals surface area contributed by atoms with Crippen molar-refractivity contribution in [3.05, 3.63) is 42.4 Å². The van der Waals surface area contributed by atoms with E-state index in [4.69, 9.17) is 9.15 Å². The average molecular weight is 341 g/mol. The number of hydrogen-bond acceptors (Lipinski definition) is 4. The van der Waals surface area contributed by atoms with Gasteiger partial charge in [0.05, 0.1) is 18.8 Å². The molecule has 2 N–H and O–H groups in total. The lowest BCUT2D eigenvalue weighted by Crippen LogP contribution is -2.46. The molecule has 2 amide bonds. The van der Waals surface area contributed by atoms with Crippen molar-refractivity contribution in [1.82, 2.24) is 15.6 Å². The molecule has 25 heavy (non-hydrogen) atoms. The number of rotatable bonds is 5. The van der Waals surface area contributed by atoms with Crippen LogP contribution < -0.4 is 10.6 Å². The van der Waals surface area contributed by atoms with Gasteiger partial charge in [-0.3, -0.25) is 0 Å². The lowest BCUT2D eigenvalue weighted by Gasteiger charge is -2.30. The molecule has 1 saturated heterocycles. The molecule has 4 rings (SSSR count). The summed E-state index contributed by atoms with van der Waals surface area (Å²) < 4.78 is 11.5. The molecular formula is C19H23N3O3. The summed E-state index contributed by atoms with van der Waals surface area (Å²) in [7, 11) is 0. The highest BCUT2D eigenvalue weighted by Crippen LogP contribution is 2.38. The fourth-order valence-corrected chi connectivity index (χ4v) is 3.28. The second-order valence-electron chi connectivity index (χ2n) is 6.78. The van der Waals surface area contributed by atoms with Gasteiger partial charge in [0, 0.05) is 18.2 Å². The Morgan fingerprint density at radius 1 is 1.20 bits per heavy atom. The van der Waals surface area contributed by atoms with Gasteiger partial charge in [-0.15, -0.1) is 0 Å². The molecule has 2 aromatic rings. The smallest absolute Gasteiger partial charge is 0.315 e. The average Bonchev–Trinajstić information content (AvgIpc) is 3.39. The molecule has 0 spiro atoms. The number of benzene rings is 1.